The van der Waals surface area contributed by atoms with Crippen LogP contribution < -0.4 is 11.1 Å². The Balaban J connectivity index is 1.92. The summed E-state index contributed by atoms with van der Waals surface area (Å²) < 4.78 is 0. The first-order chi connectivity index (χ1) is 9.22. The van der Waals surface area contributed by atoms with Gasteiger partial charge in [-0.2, -0.15) is 0 Å². The lowest BCUT2D eigenvalue weighted by Crippen LogP contribution is -2.21. The molecule has 1 aliphatic rings. The van der Waals surface area contributed by atoms with E-state index in [0.29, 0.717) is 0 Å². The Labute approximate surface area is 117 Å². The average Bonchev–Trinajstić information content (AvgIpc) is 2.42. The third-order valence-electron chi connectivity index (χ3n) is 3.15. The maximum absolute atomic E-state index is 5.88. The van der Waals surface area contributed by atoms with E-state index in [1.807, 2.05) is 36.4 Å². The van der Waals surface area contributed by atoms with Gasteiger partial charge in [-0.25, -0.2) is 0 Å². The van der Waals surface area contributed by atoms with Gasteiger partial charge in [-0.15, -0.1) is 0 Å². The minimum atomic E-state index is 0.723. The Hall–Kier alpha value is -2.00. The van der Waals surface area contributed by atoms with Crippen LogP contribution in [0.1, 0.15) is 11.1 Å². The standard InChI is InChI=1S/C15H14ClN3/c16-11-2-5-13(6-3-11)19-15-14-9-12(17)4-1-10(14)7-8-18-15/h1-6,9H,7-8,17H2,(H,18,19). The van der Waals surface area contributed by atoms with E-state index in [-0.39, 0.29) is 0 Å². The Morgan fingerprint density at radius 2 is 1.89 bits per heavy atom. The molecule has 1 aliphatic heterocycles. The lowest BCUT2D eigenvalue weighted by Gasteiger charge is -2.18. The van der Waals surface area contributed by atoms with Crippen LogP contribution in [0.15, 0.2) is 47.5 Å². The second kappa shape index (κ2) is 4.94. The van der Waals surface area contributed by atoms with Gasteiger partial charge < -0.3 is 11.1 Å². The summed E-state index contributed by atoms with van der Waals surface area (Å²) in [6, 6.07) is 13.6. The van der Waals surface area contributed by atoms with E-state index in [9.17, 15) is 0 Å². The minimum Gasteiger partial charge on any atom is -0.399 e. The molecule has 0 aliphatic carbocycles. The van der Waals surface area contributed by atoms with Crippen LogP contribution >= 0.6 is 11.6 Å². The van der Waals surface area contributed by atoms with E-state index in [4.69, 9.17) is 17.3 Å². The van der Waals surface area contributed by atoms with E-state index >= 15 is 0 Å². The van der Waals surface area contributed by atoms with Crippen molar-refractivity contribution in [2.45, 2.75) is 6.42 Å². The number of fused-ring (bicyclic) bond motifs is 1. The SMILES string of the molecule is Nc1ccc2c(c1)C(Nc1ccc(Cl)cc1)=NCC2. The summed E-state index contributed by atoms with van der Waals surface area (Å²) in [5, 5.41) is 4.05. The first-order valence-corrected chi connectivity index (χ1v) is 6.56. The number of amidine groups is 1. The van der Waals surface area contributed by atoms with E-state index < -0.39 is 0 Å². The van der Waals surface area contributed by atoms with Gasteiger partial charge in [0.15, 0.2) is 0 Å². The zero-order chi connectivity index (χ0) is 13.2. The summed E-state index contributed by atoms with van der Waals surface area (Å²) in [4.78, 5) is 4.55. The molecule has 0 unspecified atom stereocenters. The molecule has 0 radical (unpaired) electrons. The topological polar surface area (TPSA) is 50.4 Å². The number of hydrogen-bond acceptors (Lipinski definition) is 3. The van der Waals surface area contributed by atoms with Crippen LogP contribution in [0.5, 0.6) is 0 Å². The number of halogens is 1. The van der Waals surface area contributed by atoms with Crippen LogP contribution in [0.3, 0.4) is 0 Å². The van der Waals surface area contributed by atoms with Gasteiger partial charge in [0, 0.05) is 28.5 Å². The molecule has 0 atom stereocenters. The van der Waals surface area contributed by atoms with Gasteiger partial charge in [-0.3, -0.25) is 4.99 Å². The Kier molecular flexibility index (Phi) is 3.13. The largest absolute Gasteiger partial charge is 0.399 e. The van der Waals surface area contributed by atoms with Crippen molar-refractivity contribution >= 4 is 28.8 Å². The minimum absolute atomic E-state index is 0.723. The Bertz CT molecular complexity index is 632. The lowest BCUT2D eigenvalue weighted by molar-refractivity contribution is 0.943. The summed E-state index contributed by atoms with van der Waals surface area (Å²) in [5.41, 5.74) is 9.95. The van der Waals surface area contributed by atoms with Crippen LogP contribution in [0, 0.1) is 0 Å². The van der Waals surface area contributed by atoms with E-state index in [0.717, 1.165) is 40.8 Å². The molecule has 0 saturated carbocycles. The van der Waals surface area contributed by atoms with E-state index in [1.165, 1.54) is 5.56 Å². The van der Waals surface area contributed by atoms with Gasteiger partial charge >= 0.3 is 0 Å². The molecule has 2 aromatic rings. The van der Waals surface area contributed by atoms with Gasteiger partial charge in [-0.1, -0.05) is 17.7 Å². The van der Waals surface area contributed by atoms with Gasteiger partial charge in [0.1, 0.15) is 5.84 Å². The number of nitrogens with two attached hydrogens (primary N) is 1. The van der Waals surface area contributed by atoms with Gasteiger partial charge in [-0.05, 0) is 48.4 Å². The maximum atomic E-state index is 5.88. The predicted octanol–water partition coefficient (Wildman–Crippen LogP) is 3.34. The number of nitrogens with one attached hydrogen (secondary N) is 1. The van der Waals surface area contributed by atoms with Gasteiger partial charge in [0.25, 0.3) is 0 Å². The number of nitrogen functional groups attached to an aromatic ring is 1. The third-order valence-corrected chi connectivity index (χ3v) is 3.40. The van der Waals surface area contributed by atoms with Crippen LogP contribution in [0.25, 0.3) is 0 Å². The molecule has 0 bridgehead atoms. The fraction of sp³-hybridized carbons (Fsp3) is 0.133. The zero-order valence-electron chi connectivity index (χ0n) is 10.4. The first-order valence-electron chi connectivity index (χ1n) is 6.18. The zero-order valence-corrected chi connectivity index (χ0v) is 11.1. The van der Waals surface area contributed by atoms with Crippen molar-refractivity contribution in [1.82, 2.24) is 0 Å². The Morgan fingerprint density at radius 3 is 2.68 bits per heavy atom. The van der Waals surface area contributed by atoms with Gasteiger partial charge in [0.2, 0.25) is 0 Å². The number of rotatable bonds is 1. The number of aliphatic imine (C=N–C) groups is 1. The van der Waals surface area contributed by atoms with Crippen molar-refractivity contribution in [2.24, 2.45) is 4.99 Å². The number of hydrogen-bond donors (Lipinski definition) is 2. The smallest absolute Gasteiger partial charge is 0.133 e. The van der Waals surface area contributed by atoms with Crippen LogP contribution in [-0.2, 0) is 6.42 Å². The first kappa shape index (κ1) is 12.1. The molecule has 2 aromatic carbocycles. The molecule has 1 heterocycles. The van der Waals surface area contributed by atoms with Crippen molar-refractivity contribution < 1.29 is 0 Å². The molecule has 3 nitrogen and oxygen atoms in total. The van der Waals surface area contributed by atoms with Crippen molar-refractivity contribution in [1.29, 1.82) is 0 Å². The van der Waals surface area contributed by atoms with Crippen molar-refractivity contribution in [3.8, 4) is 0 Å². The summed E-state index contributed by atoms with van der Waals surface area (Å²) in [6.07, 6.45) is 0.960. The van der Waals surface area contributed by atoms with E-state index in [1.54, 1.807) is 0 Å². The van der Waals surface area contributed by atoms with Crippen molar-refractivity contribution in [2.75, 3.05) is 17.6 Å². The fourth-order valence-electron chi connectivity index (χ4n) is 2.18. The van der Waals surface area contributed by atoms with Crippen molar-refractivity contribution in [3.63, 3.8) is 0 Å². The van der Waals surface area contributed by atoms with Crippen LogP contribution in [0.4, 0.5) is 11.4 Å². The summed E-state index contributed by atoms with van der Waals surface area (Å²) >= 11 is 5.88. The number of benzene rings is 2. The molecule has 19 heavy (non-hydrogen) atoms. The quantitative estimate of drug-likeness (QED) is 0.782. The predicted molar refractivity (Wildman–Crippen MR) is 81.0 cm³/mol. The highest BCUT2D eigenvalue weighted by Gasteiger charge is 2.14. The lowest BCUT2D eigenvalue weighted by atomic mass is 10.00. The second-order valence-electron chi connectivity index (χ2n) is 4.53. The van der Waals surface area contributed by atoms with Gasteiger partial charge in [0.05, 0.1) is 0 Å². The Morgan fingerprint density at radius 1 is 1.11 bits per heavy atom. The van der Waals surface area contributed by atoms with Crippen molar-refractivity contribution in [3.05, 3.63) is 58.6 Å². The van der Waals surface area contributed by atoms with E-state index in [2.05, 4.69) is 16.4 Å². The summed E-state index contributed by atoms with van der Waals surface area (Å²) in [7, 11) is 0. The fourth-order valence-corrected chi connectivity index (χ4v) is 2.31. The second-order valence-corrected chi connectivity index (χ2v) is 4.97. The van der Waals surface area contributed by atoms with Crippen LogP contribution in [0.2, 0.25) is 5.02 Å². The summed E-state index contributed by atoms with van der Waals surface area (Å²) in [5.74, 6) is 0.871. The monoisotopic (exact) mass is 271 g/mol. The molecule has 0 spiro atoms. The van der Waals surface area contributed by atoms with Crippen LogP contribution in [-0.4, -0.2) is 12.4 Å². The molecule has 4 heteroatoms. The molecule has 0 aromatic heterocycles. The summed E-state index contributed by atoms with van der Waals surface area (Å²) in [6.45, 7) is 0.798. The maximum Gasteiger partial charge on any atom is 0.133 e. The molecule has 0 fully saturated rings. The number of anilines is 2. The molecular formula is C15H14ClN3. The molecule has 96 valence electrons. The normalized spacial score (nSPS) is 13.6. The average molecular weight is 272 g/mol. The highest BCUT2D eigenvalue weighted by atomic mass is 35.5. The molecule has 3 N–H and O–H groups in total. The number of nitrogens with zero attached hydrogens (tertiary/aromatic N) is 1. The third kappa shape index (κ3) is 2.56. The molecule has 0 saturated heterocycles. The molecule has 0 amide bonds. The highest BCUT2D eigenvalue weighted by Crippen LogP contribution is 2.21. The molecule has 3 rings (SSSR count). The molecular weight excluding hydrogens is 258 g/mol. The highest BCUT2D eigenvalue weighted by molar-refractivity contribution is 6.30.